The third-order valence-corrected chi connectivity index (χ3v) is 3.24. The van der Waals surface area contributed by atoms with E-state index in [1.165, 1.54) is 4.88 Å². The normalized spacial score (nSPS) is 10.9. The molecular weight excluding hydrogens is 216 g/mol. The number of likely N-dealkylation sites (N-methyl/N-ethyl adjacent to an activating group) is 1. The number of aryl methyl sites for hydroxylation is 1. The van der Waals surface area contributed by atoms with Crippen molar-refractivity contribution in [1.82, 2.24) is 9.88 Å². The van der Waals surface area contributed by atoms with Gasteiger partial charge in [0.05, 0.1) is 11.2 Å². The molecule has 0 aliphatic rings. The van der Waals surface area contributed by atoms with E-state index < -0.39 is 0 Å². The van der Waals surface area contributed by atoms with E-state index in [1.807, 2.05) is 12.4 Å². The molecule has 1 aromatic heterocycles. The summed E-state index contributed by atoms with van der Waals surface area (Å²) in [6, 6.07) is 0. The van der Waals surface area contributed by atoms with Gasteiger partial charge in [0.25, 0.3) is 0 Å². The Hall–Kier alpha value is -0.380. The Bertz CT molecular complexity index is 309. The van der Waals surface area contributed by atoms with Gasteiger partial charge in [-0.3, -0.25) is 4.90 Å². The summed E-state index contributed by atoms with van der Waals surface area (Å²) < 4.78 is 0. The maximum Gasteiger partial charge on any atom is 0.0798 e. The molecule has 1 rings (SSSR count). The minimum absolute atomic E-state index is 0.534. The van der Waals surface area contributed by atoms with Gasteiger partial charge in [-0.15, -0.1) is 22.9 Å². The van der Waals surface area contributed by atoms with Gasteiger partial charge in [-0.2, -0.15) is 0 Å². The Kier molecular flexibility index (Phi) is 4.58. The zero-order valence-corrected chi connectivity index (χ0v) is 10.2. The standard InChI is InChI=1S/C10H15ClN2S/c1-8(4-11)5-13(3)6-10-9(2)12-7-14-10/h7H,1,4-6H2,2-3H3. The predicted octanol–water partition coefficient (Wildman–Crippen LogP) is 2.68. The average Bonchev–Trinajstić information content (AvgIpc) is 2.51. The Labute approximate surface area is 94.2 Å². The second kappa shape index (κ2) is 5.49. The second-order valence-electron chi connectivity index (χ2n) is 3.42. The average molecular weight is 231 g/mol. The minimum Gasteiger partial charge on any atom is -0.297 e. The van der Waals surface area contributed by atoms with Gasteiger partial charge in [0.15, 0.2) is 0 Å². The molecule has 0 saturated carbocycles. The van der Waals surface area contributed by atoms with Gasteiger partial charge in [0, 0.05) is 23.8 Å². The van der Waals surface area contributed by atoms with Crippen LogP contribution in [-0.4, -0.2) is 29.4 Å². The fourth-order valence-corrected chi connectivity index (χ4v) is 2.14. The Balaban J connectivity index is 2.45. The third-order valence-electron chi connectivity index (χ3n) is 1.94. The first-order chi connectivity index (χ1) is 6.63. The van der Waals surface area contributed by atoms with Crippen molar-refractivity contribution in [3.05, 3.63) is 28.2 Å². The molecule has 0 amide bonds. The number of aromatic nitrogens is 1. The van der Waals surface area contributed by atoms with Gasteiger partial charge in [0.2, 0.25) is 0 Å². The summed E-state index contributed by atoms with van der Waals surface area (Å²) in [5.74, 6) is 0.534. The summed E-state index contributed by atoms with van der Waals surface area (Å²) in [4.78, 5) is 7.73. The van der Waals surface area contributed by atoms with Crippen molar-refractivity contribution in [3.8, 4) is 0 Å². The van der Waals surface area contributed by atoms with Crippen molar-refractivity contribution in [2.75, 3.05) is 19.5 Å². The summed E-state index contributed by atoms with van der Waals surface area (Å²) in [5.41, 5.74) is 4.06. The van der Waals surface area contributed by atoms with E-state index in [0.29, 0.717) is 5.88 Å². The van der Waals surface area contributed by atoms with E-state index in [0.717, 1.165) is 24.4 Å². The molecule has 4 heteroatoms. The first-order valence-electron chi connectivity index (χ1n) is 4.43. The van der Waals surface area contributed by atoms with Crippen LogP contribution in [0, 0.1) is 6.92 Å². The quantitative estimate of drug-likeness (QED) is 0.571. The molecule has 78 valence electrons. The van der Waals surface area contributed by atoms with Gasteiger partial charge in [-0.05, 0) is 19.5 Å². The fourth-order valence-electron chi connectivity index (χ4n) is 1.20. The minimum atomic E-state index is 0.534. The molecule has 0 N–H and O–H groups in total. The first kappa shape index (κ1) is 11.7. The van der Waals surface area contributed by atoms with Gasteiger partial charge < -0.3 is 0 Å². The number of nitrogens with zero attached hydrogens (tertiary/aromatic N) is 2. The van der Waals surface area contributed by atoms with Crippen LogP contribution in [0.25, 0.3) is 0 Å². The molecule has 0 bridgehead atoms. The van der Waals surface area contributed by atoms with E-state index in [4.69, 9.17) is 11.6 Å². The maximum atomic E-state index is 5.67. The number of rotatable bonds is 5. The zero-order valence-electron chi connectivity index (χ0n) is 8.59. The van der Waals surface area contributed by atoms with Crippen LogP contribution in [-0.2, 0) is 6.54 Å². The van der Waals surface area contributed by atoms with Crippen LogP contribution < -0.4 is 0 Å². The molecule has 0 aliphatic heterocycles. The van der Waals surface area contributed by atoms with Crippen LogP contribution in [0.1, 0.15) is 10.6 Å². The van der Waals surface area contributed by atoms with E-state index in [1.54, 1.807) is 11.3 Å². The topological polar surface area (TPSA) is 16.1 Å². The lowest BCUT2D eigenvalue weighted by Crippen LogP contribution is -2.20. The third kappa shape index (κ3) is 3.40. The second-order valence-corrected chi connectivity index (χ2v) is 4.62. The van der Waals surface area contributed by atoms with Crippen LogP contribution in [0.4, 0.5) is 0 Å². The van der Waals surface area contributed by atoms with Crippen LogP contribution in [0.2, 0.25) is 0 Å². The number of halogens is 1. The van der Waals surface area contributed by atoms with E-state index in [9.17, 15) is 0 Å². The van der Waals surface area contributed by atoms with Crippen LogP contribution in [0.3, 0.4) is 0 Å². The Morgan fingerprint density at radius 3 is 2.93 bits per heavy atom. The Morgan fingerprint density at radius 1 is 1.71 bits per heavy atom. The number of thiazole rings is 1. The highest BCUT2D eigenvalue weighted by Gasteiger charge is 2.06. The van der Waals surface area contributed by atoms with Crippen molar-refractivity contribution in [2.24, 2.45) is 0 Å². The van der Waals surface area contributed by atoms with Crippen molar-refractivity contribution in [3.63, 3.8) is 0 Å². The lowest BCUT2D eigenvalue weighted by molar-refractivity contribution is 0.358. The SMILES string of the molecule is C=C(CCl)CN(C)Cc1scnc1C. The molecule has 0 spiro atoms. The van der Waals surface area contributed by atoms with Gasteiger partial charge in [-0.1, -0.05) is 6.58 Å². The fraction of sp³-hybridized carbons (Fsp3) is 0.500. The summed E-state index contributed by atoms with van der Waals surface area (Å²) in [6.45, 7) is 7.69. The largest absolute Gasteiger partial charge is 0.297 e. The van der Waals surface area contributed by atoms with E-state index in [2.05, 4.69) is 23.5 Å². The van der Waals surface area contributed by atoms with Gasteiger partial charge in [-0.25, -0.2) is 4.98 Å². The molecule has 0 fully saturated rings. The predicted molar refractivity (Wildman–Crippen MR) is 63.0 cm³/mol. The lowest BCUT2D eigenvalue weighted by atomic mass is 10.3. The number of hydrogen-bond donors (Lipinski definition) is 0. The van der Waals surface area contributed by atoms with Crippen molar-refractivity contribution in [2.45, 2.75) is 13.5 Å². The first-order valence-corrected chi connectivity index (χ1v) is 5.85. The molecule has 2 nitrogen and oxygen atoms in total. The maximum absolute atomic E-state index is 5.67. The summed E-state index contributed by atoms with van der Waals surface area (Å²) in [6.07, 6.45) is 0. The molecule has 0 radical (unpaired) electrons. The number of hydrogen-bond acceptors (Lipinski definition) is 3. The summed E-state index contributed by atoms with van der Waals surface area (Å²) in [5, 5.41) is 0. The highest BCUT2D eigenvalue weighted by Crippen LogP contribution is 2.14. The highest BCUT2D eigenvalue weighted by molar-refractivity contribution is 7.09. The summed E-state index contributed by atoms with van der Waals surface area (Å²) >= 11 is 7.37. The number of alkyl halides is 1. The molecule has 14 heavy (non-hydrogen) atoms. The summed E-state index contributed by atoms with van der Waals surface area (Å²) in [7, 11) is 2.07. The van der Waals surface area contributed by atoms with E-state index >= 15 is 0 Å². The molecule has 0 unspecified atom stereocenters. The van der Waals surface area contributed by atoms with Gasteiger partial charge >= 0.3 is 0 Å². The van der Waals surface area contributed by atoms with Crippen LogP contribution in [0.5, 0.6) is 0 Å². The smallest absolute Gasteiger partial charge is 0.0798 e. The monoisotopic (exact) mass is 230 g/mol. The molecular formula is C10H15ClN2S. The molecule has 1 aromatic rings. The van der Waals surface area contributed by atoms with Crippen LogP contribution >= 0.6 is 22.9 Å². The van der Waals surface area contributed by atoms with Crippen molar-refractivity contribution in [1.29, 1.82) is 0 Å². The zero-order chi connectivity index (χ0) is 10.6. The highest BCUT2D eigenvalue weighted by atomic mass is 35.5. The van der Waals surface area contributed by atoms with Crippen molar-refractivity contribution >= 4 is 22.9 Å². The van der Waals surface area contributed by atoms with E-state index in [-0.39, 0.29) is 0 Å². The van der Waals surface area contributed by atoms with Gasteiger partial charge in [0.1, 0.15) is 0 Å². The molecule has 0 atom stereocenters. The molecule has 0 saturated heterocycles. The molecule has 0 aliphatic carbocycles. The lowest BCUT2D eigenvalue weighted by Gasteiger charge is -2.16. The molecule has 0 aromatic carbocycles. The Morgan fingerprint density at radius 2 is 2.43 bits per heavy atom. The van der Waals surface area contributed by atoms with Crippen LogP contribution in [0.15, 0.2) is 17.7 Å². The molecule has 1 heterocycles. The van der Waals surface area contributed by atoms with Crippen molar-refractivity contribution < 1.29 is 0 Å².